The van der Waals surface area contributed by atoms with E-state index in [0.717, 1.165) is 95.9 Å². The van der Waals surface area contributed by atoms with E-state index in [0.29, 0.717) is 36.4 Å². The Balaban J connectivity index is 0.000000476. The molecule has 53 heavy (non-hydrogen) atoms. The number of aromatic nitrogens is 3. The summed E-state index contributed by atoms with van der Waals surface area (Å²) < 4.78 is 42.6. The number of likely N-dealkylation sites (N-methyl/N-ethyl adjacent to an activating group) is 1. The van der Waals surface area contributed by atoms with E-state index in [2.05, 4.69) is 38.5 Å². The summed E-state index contributed by atoms with van der Waals surface area (Å²) >= 11 is 0. The second-order valence-electron chi connectivity index (χ2n) is 15.1. The summed E-state index contributed by atoms with van der Waals surface area (Å²) in [5.41, 5.74) is 8.38. The number of hydrogen-bond donors (Lipinski definition) is 1. The van der Waals surface area contributed by atoms with Gasteiger partial charge in [0.15, 0.2) is 6.29 Å². The minimum absolute atomic E-state index is 0.273. The Bertz CT molecular complexity index is 2190. The van der Waals surface area contributed by atoms with Crippen molar-refractivity contribution in [2.24, 2.45) is 0 Å². The van der Waals surface area contributed by atoms with Crippen LogP contribution in [-0.2, 0) is 27.8 Å². The molecule has 11 nitrogen and oxygen atoms in total. The maximum atomic E-state index is 13.3. The van der Waals surface area contributed by atoms with Crippen LogP contribution in [0.2, 0.25) is 0 Å². The van der Waals surface area contributed by atoms with E-state index in [9.17, 15) is 18.0 Å². The third kappa shape index (κ3) is 6.97. The Kier molecular flexibility index (Phi) is 10.4. The number of rotatable bonds is 8. The second kappa shape index (κ2) is 14.9. The van der Waals surface area contributed by atoms with Crippen LogP contribution in [0.5, 0.6) is 5.75 Å². The number of nitrogens with one attached hydrogen (secondary N) is 1. The fraction of sp³-hybridized carbons (Fsp3) is 0.488. The number of ether oxygens (including phenoxy) is 2. The molecule has 3 fully saturated rings. The van der Waals surface area contributed by atoms with Crippen LogP contribution in [0.3, 0.4) is 0 Å². The van der Waals surface area contributed by atoms with Crippen molar-refractivity contribution in [1.82, 2.24) is 24.0 Å². The highest BCUT2D eigenvalue weighted by Crippen LogP contribution is 2.48. The van der Waals surface area contributed by atoms with Gasteiger partial charge in [0.2, 0.25) is 10.0 Å². The molecule has 2 unspecified atom stereocenters. The zero-order chi connectivity index (χ0) is 37.6. The first-order chi connectivity index (χ1) is 25.4. The Morgan fingerprint density at radius 2 is 1.89 bits per heavy atom. The molecule has 4 aromatic rings. The van der Waals surface area contributed by atoms with Gasteiger partial charge in [0.25, 0.3) is 5.91 Å². The summed E-state index contributed by atoms with van der Waals surface area (Å²) in [6.07, 6.45) is 10.5. The van der Waals surface area contributed by atoms with Gasteiger partial charge in [-0.15, -0.1) is 0 Å². The molecule has 3 aliphatic heterocycles. The van der Waals surface area contributed by atoms with Gasteiger partial charge in [0.05, 0.1) is 54.3 Å². The number of carbonyl (C=O) groups is 2. The highest BCUT2D eigenvalue weighted by molar-refractivity contribution is 7.90. The highest BCUT2D eigenvalue weighted by atomic mass is 32.2. The van der Waals surface area contributed by atoms with Crippen LogP contribution in [0.4, 0.5) is 0 Å². The number of sulfonamides is 1. The summed E-state index contributed by atoms with van der Waals surface area (Å²) in [5.74, 6) is 0.413. The average Bonchev–Trinajstić information content (AvgIpc) is 3.90. The normalized spacial score (nSPS) is 20.0. The highest BCUT2D eigenvalue weighted by Gasteiger charge is 2.36. The smallest absolute Gasteiger partial charge is 0.264 e. The van der Waals surface area contributed by atoms with Crippen LogP contribution in [0.1, 0.15) is 108 Å². The lowest BCUT2D eigenvalue weighted by Gasteiger charge is -2.24. The minimum atomic E-state index is -3.81. The van der Waals surface area contributed by atoms with Crippen molar-refractivity contribution in [3.8, 4) is 17.0 Å². The molecule has 12 heteroatoms. The van der Waals surface area contributed by atoms with Crippen LogP contribution in [0, 0.1) is 6.92 Å². The Morgan fingerprint density at radius 1 is 1.11 bits per heavy atom. The van der Waals surface area contributed by atoms with Crippen molar-refractivity contribution >= 4 is 44.8 Å². The number of fused-ring (bicyclic) bond motifs is 7. The molecule has 2 aromatic carbocycles. The number of carbonyl (C=O) groups excluding carboxylic acids is 2. The lowest BCUT2D eigenvalue weighted by Crippen LogP contribution is -2.35. The summed E-state index contributed by atoms with van der Waals surface area (Å²) in [4.78, 5) is 28.1. The molecule has 2 aromatic heterocycles. The van der Waals surface area contributed by atoms with E-state index in [1.165, 1.54) is 18.4 Å². The molecule has 8 rings (SSSR count). The average molecular weight is 742 g/mol. The lowest BCUT2D eigenvalue weighted by molar-refractivity contribution is 0.0416. The van der Waals surface area contributed by atoms with E-state index < -0.39 is 21.2 Å². The minimum Gasteiger partial charge on any atom is -0.497 e. The summed E-state index contributed by atoms with van der Waals surface area (Å²) in [6.45, 7) is 10.1. The van der Waals surface area contributed by atoms with E-state index in [1.807, 2.05) is 42.8 Å². The second-order valence-corrected chi connectivity index (χ2v) is 17.4. The van der Waals surface area contributed by atoms with Gasteiger partial charge in [0, 0.05) is 41.2 Å². The molecule has 0 radical (unpaired) electrons. The van der Waals surface area contributed by atoms with Gasteiger partial charge < -0.3 is 14.0 Å². The van der Waals surface area contributed by atoms with E-state index >= 15 is 0 Å². The molecular formula is C41H51N5O6S. The number of hydrogen-bond acceptors (Lipinski definition) is 8. The van der Waals surface area contributed by atoms with Crippen LogP contribution in [-0.4, -0.2) is 84.6 Å². The molecule has 1 amide bonds. The fourth-order valence-corrected chi connectivity index (χ4v) is 9.14. The molecule has 1 saturated carbocycles. The Morgan fingerprint density at radius 3 is 2.49 bits per heavy atom. The number of aldehydes is 1. The molecule has 0 spiro atoms. The first kappa shape index (κ1) is 37.1. The van der Waals surface area contributed by atoms with Gasteiger partial charge >= 0.3 is 0 Å². The van der Waals surface area contributed by atoms with Gasteiger partial charge in [-0.05, 0) is 113 Å². The van der Waals surface area contributed by atoms with Crippen molar-refractivity contribution < 1.29 is 27.5 Å². The molecular weight excluding hydrogens is 691 g/mol. The summed E-state index contributed by atoms with van der Waals surface area (Å²) in [5, 5.41) is 4.99. The van der Waals surface area contributed by atoms with Gasteiger partial charge in [-0.2, -0.15) is 5.10 Å². The predicted octanol–water partition coefficient (Wildman–Crippen LogP) is 6.81. The molecule has 282 valence electrons. The molecule has 1 N–H and O–H groups in total. The number of allylic oxidation sites excluding steroid dienone is 1. The number of methoxy groups -OCH3 is 1. The number of amides is 1. The molecule has 4 aliphatic rings. The van der Waals surface area contributed by atoms with Crippen molar-refractivity contribution in [3.63, 3.8) is 0 Å². The van der Waals surface area contributed by atoms with Gasteiger partial charge in [-0.1, -0.05) is 25.3 Å². The van der Waals surface area contributed by atoms with Crippen molar-refractivity contribution in [2.45, 2.75) is 103 Å². The first-order valence-electron chi connectivity index (χ1n) is 18.9. The van der Waals surface area contributed by atoms with E-state index in [1.54, 1.807) is 27.0 Å². The zero-order valence-electron chi connectivity index (χ0n) is 31.6. The predicted molar refractivity (Wildman–Crippen MR) is 208 cm³/mol. The Labute approximate surface area is 312 Å². The van der Waals surface area contributed by atoms with Crippen LogP contribution in [0.25, 0.3) is 33.8 Å². The third-order valence-corrected chi connectivity index (χ3v) is 13.2. The Hall–Kier alpha value is -4.26. The first-order valence-corrected chi connectivity index (χ1v) is 20.4. The quantitative estimate of drug-likeness (QED) is 0.195. The molecule has 2 saturated heterocycles. The number of likely N-dealkylation sites (tertiary alicyclic amines) is 1. The zero-order valence-corrected chi connectivity index (χ0v) is 32.5. The monoisotopic (exact) mass is 741 g/mol. The number of morpholine rings is 1. The summed E-state index contributed by atoms with van der Waals surface area (Å²) in [7, 11) is 0.0176. The lowest BCUT2D eigenvalue weighted by atomic mass is 9.81. The number of benzene rings is 2. The topological polar surface area (TPSA) is 125 Å². The molecule has 2 atom stereocenters. The van der Waals surface area contributed by atoms with Crippen LogP contribution in [0.15, 0.2) is 36.4 Å². The number of nitrogens with zero attached hydrogens (tertiary/aromatic N) is 4. The molecule has 2 bridgehead atoms. The summed E-state index contributed by atoms with van der Waals surface area (Å²) in [6, 6.07) is 12.4. The van der Waals surface area contributed by atoms with Gasteiger partial charge in [-0.3, -0.25) is 19.2 Å². The maximum Gasteiger partial charge on any atom is 0.264 e. The molecule has 5 heterocycles. The van der Waals surface area contributed by atoms with E-state index in [-0.39, 0.29) is 5.56 Å². The third-order valence-electron chi connectivity index (χ3n) is 11.5. The van der Waals surface area contributed by atoms with Gasteiger partial charge in [0.1, 0.15) is 5.75 Å². The van der Waals surface area contributed by atoms with Crippen LogP contribution >= 0.6 is 0 Å². The standard InChI is InChI=1S/C35H40N4O5S.C6H11NO/c1-6-39-33(30(20-40)22(4)36-39)26-16-25-17-27(44-5)13-15-28(25)34-32(23-10-8-7-9-11-23)29-14-12-24(18-31(29)38(34)19-26)35(41)37-45(42,43)21(2)3;1-7-3-6-2-5(7)4-8-6/h12-18,20-21,23H,6-11,19H2,1-5H3,(H,37,41);5-6H,2-4H2,1H3. The van der Waals surface area contributed by atoms with E-state index in [4.69, 9.17) is 9.47 Å². The van der Waals surface area contributed by atoms with Crippen molar-refractivity contribution in [1.29, 1.82) is 0 Å². The number of aryl methyl sites for hydroxylation is 2. The molecule has 1 aliphatic carbocycles. The van der Waals surface area contributed by atoms with Gasteiger partial charge in [-0.25, -0.2) is 13.1 Å². The SMILES string of the molecule is CCn1nc(C)c(C=O)c1C1=Cc2cc(OC)ccc2-c2c(C3CCCCC3)c3ccc(C(=O)NS(=O)(=O)C(C)C)cc3n2C1.CN1CC2CC1CO2. The largest absolute Gasteiger partial charge is 0.497 e. The fourth-order valence-electron chi connectivity index (χ4n) is 8.53. The van der Waals surface area contributed by atoms with Crippen LogP contribution < -0.4 is 9.46 Å². The maximum absolute atomic E-state index is 13.3. The van der Waals surface area contributed by atoms with Crippen molar-refractivity contribution in [2.75, 3.05) is 27.3 Å². The van der Waals surface area contributed by atoms with Crippen molar-refractivity contribution in [3.05, 3.63) is 70.0 Å².